The molecule has 0 fully saturated rings. The largest absolute Gasteiger partial charge is 0.481 e. The lowest BCUT2D eigenvalue weighted by atomic mass is 10.2. The summed E-state index contributed by atoms with van der Waals surface area (Å²) in [6.45, 7) is 9.47. The monoisotopic (exact) mass is 602 g/mol. The Hall–Kier alpha value is -3.23. The summed E-state index contributed by atoms with van der Waals surface area (Å²) in [7, 11) is -0.836. The van der Waals surface area contributed by atoms with E-state index in [-0.39, 0.29) is 46.3 Å². The highest BCUT2D eigenvalue weighted by Crippen LogP contribution is 2.37. The molecule has 0 bridgehead atoms. The number of rotatable bonds is 9. The fraction of sp³-hybridized carbons (Fsp3) is 0.440. The quantitative estimate of drug-likeness (QED) is 0.215. The van der Waals surface area contributed by atoms with E-state index in [9.17, 15) is 22.4 Å². The molecule has 0 unspecified atom stereocenters. The van der Waals surface area contributed by atoms with E-state index in [4.69, 9.17) is 20.8 Å². The van der Waals surface area contributed by atoms with Crippen LogP contribution in [-0.2, 0) is 23.7 Å². The van der Waals surface area contributed by atoms with Crippen LogP contribution in [0.4, 0.5) is 33.7 Å². The molecule has 2 aromatic heterocycles. The highest BCUT2D eigenvalue weighted by molar-refractivity contribution is 6.74. The lowest BCUT2D eigenvalue weighted by Crippen LogP contribution is -2.41. The number of methoxy groups -OCH3 is 1. The number of aromatic nitrogens is 4. The molecule has 0 aliphatic heterocycles. The normalized spacial score (nSPS) is 12.4. The molecule has 3 rings (SSSR count). The Morgan fingerprint density at radius 2 is 1.85 bits per heavy atom. The minimum atomic E-state index is -4.79. The number of nitrogens with zero attached hydrogens (tertiary/aromatic N) is 5. The fourth-order valence-electron chi connectivity index (χ4n) is 3.35. The molecule has 3 aromatic rings. The molecule has 15 heteroatoms. The van der Waals surface area contributed by atoms with E-state index in [1.807, 2.05) is 33.9 Å². The summed E-state index contributed by atoms with van der Waals surface area (Å²) in [6.07, 6.45) is -3.47. The van der Waals surface area contributed by atoms with Gasteiger partial charge in [-0.05, 0) is 42.4 Å². The molecule has 2 heterocycles. The zero-order valence-corrected chi connectivity index (χ0v) is 24.7. The summed E-state index contributed by atoms with van der Waals surface area (Å²) in [5.41, 5.74) is 0.398. The van der Waals surface area contributed by atoms with Crippen molar-refractivity contribution in [3.63, 3.8) is 0 Å². The van der Waals surface area contributed by atoms with Gasteiger partial charge in [0.15, 0.2) is 14.1 Å². The number of urea groups is 1. The number of carbonyl (C=O) groups is 1. The van der Waals surface area contributed by atoms with Crippen LogP contribution in [0.15, 0.2) is 36.5 Å². The number of nitrogens with one attached hydrogen (secondary N) is 1. The zero-order chi connectivity index (χ0) is 29.9. The molecule has 0 saturated carbocycles. The predicted octanol–water partition coefficient (Wildman–Crippen LogP) is 6.75. The maximum absolute atomic E-state index is 13.9. The summed E-state index contributed by atoms with van der Waals surface area (Å²) < 4.78 is 67.2. The first kappa shape index (κ1) is 31.3. The number of anilines is 2. The Morgan fingerprint density at radius 3 is 2.40 bits per heavy atom. The standard InChI is InChI=1S/C25H31ClF4N6O3Si/c1-24(2,3)40(5,6)39-12-11-35-20(33-34-22(35)25(28,29)30)15-36(17-8-10-21(38-4)31-14-17)23(37)32-16-7-9-19(27)18(26)13-16/h7-10,13-14H,11-12,15H2,1-6H3,(H,32,37). The summed E-state index contributed by atoms with van der Waals surface area (Å²) in [6, 6.07) is 5.83. The highest BCUT2D eigenvalue weighted by atomic mass is 35.5. The van der Waals surface area contributed by atoms with Crippen LogP contribution in [0.3, 0.4) is 0 Å². The van der Waals surface area contributed by atoms with Gasteiger partial charge in [-0.3, -0.25) is 4.90 Å². The number of hydrogen-bond acceptors (Lipinski definition) is 6. The number of hydrogen-bond donors (Lipinski definition) is 1. The fourth-order valence-corrected chi connectivity index (χ4v) is 4.56. The van der Waals surface area contributed by atoms with Crippen molar-refractivity contribution in [2.75, 3.05) is 23.9 Å². The van der Waals surface area contributed by atoms with Gasteiger partial charge in [0.25, 0.3) is 0 Å². The van der Waals surface area contributed by atoms with Crippen LogP contribution in [0.2, 0.25) is 23.2 Å². The van der Waals surface area contributed by atoms with Crippen LogP contribution in [0.5, 0.6) is 5.88 Å². The van der Waals surface area contributed by atoms with Crippen LogP contribution in [-0.4, -0.2) is 47.8 Å². The number of alkyl halides is 3. The first-order valence-electron chi connectivity index (χ1n) is 12.2. The van der Waals surface area contributed by atoms with Crippen LogP contribution >= 0.6 is 11.6 Å². The molecule has 0 atom stereocenters. The van der Waals surface area contributed by atoms with Gasteiger partial charge in [0.1, 0.15) is 5.82 Å². The van der Waals surface area contributed by atoms with Crippen molar-refractivity contribution in [3.05, 3.63) is 59.0 Å². The number of ether oxygens (including phenoxy) is 1. The average Bonchev–Trinajstić information content (AvgIpc) is 3.27. The molecule has 1 N–H and O–H groups in total. The Bertz CT molecular complexity index is 1330. The highest BCUT2D eigenvalue weighted by Gasteiger charge is 2.40. The van der Waals surface area contributed by atoms with Gasteiger partial charge in [-0.15, -0.1) is 10.2 Å². The maximum atomic E-state index is 13.9. The van der Waals surface area contributed by atoms with E-state index in [1.165, 1.54) is 37.6 Å². The smallest absolute Gasteiger partial charge is 0.451 e. The molecule has 1 aromatic carbocycles. The van der Waals surface area contributed by atoms with Gasteiger partial charge in [0, 0.05) is 18.3 Å². The van der Waals surface area contributed by atoms with Gasteiger partial charge in [-0.2, -0.15) is 13.2 Å². The Balaban J connectivity index is 1.96. The topological polar surface area (TPSA) is 94.4 Å². The molecule has 0 aliphatic rings. The van der Waals surface area contributed by atoms with Gasteiger partial charge in [-0.25, -0.2) is 14.2 Å². The molecular formula is C25H31ClF4N6O3Si. The molecule has 0 aliphatic carbocycles. The van der Waals surface area contributed by atoms with Crippen molar-refractivity contribution in [2.24, 2.45) is 0 Å². The Labute approximate surface area is 235 Å². The number of amides is 2. The van der Waals surface area contributed by atoms with Gasteiger partial charge in [0.05, 0.1) is 37.2 Å². The second-order valence-corrected chi connectivity index (χ2v) is 15.6. The number of halogens is 5. The van der Waals surface area contributed by atoms with Gasteiger partial charge in [0.2, 0.25) is 11.7 Å². The van der Waals surface area contributed by atoms with Crippen molar-refractivity contribution >= 4 is 37.3 Å². The molecule has 0 spiro atoms. The van der Waals surface area contributed by atoms with Crippen molar-refractivity contribution in [3.8, 4) is 5.88 Å². The number of carbonyl (C=O) groups excluding carboxylic acids is 1. The number of pyridine rings is 1. The van der Waals surface area contributed by atoms with Gasteiger partial charge in [-0.1, -0.05) is 32.4 Å². The average molecular weight is 603 g/mol. The van der Waals surface area contributed by atoms with E-state index in [0.29, 0.717) is 0 Å². The summed E-state index contributed by atoms with van der Waals surface area (Å²) in [5, 5.41) is 9.36. The van der Waals surface area contributed by atoms with E-state index < -0.39 is 38.7 Å². The Morgan fingerprint density at radius 1 is 1.15 bits per heavy atom. The molecule has 0 saturated heterocycles. The molecule has 218 valence electrons. The zero-order valence-electron chi connectivity index (χ0n) is 22.9. The lowest BCUT2D eigenvalue weighted by Gasteiger charge is -2.36. The second kappa shape index (κ2) is 12.1. The third kappa shape index (κ3) is 7.49. The first-order valence-corrected chi connectivity index (χ1v) is 15.5. The van der Waals surface area contributed by atoms with Gasteiger partial charge < -0.3 is 19.0 Å². The van der Waals surface area contributed by atoms with Crippen molar-refractivity contribution in [1.29, 1.82) is 0 Å². The van der Waals surface area contributed by atoms with Crippen LogP contribution in [0.1, 0.15) is 32.4 Å². The maximum Gasteiger partial charge on any atom is 0.451 e. The van der Waals surface area contributed by atoms with Crippen LogP contribution < -0.4 is 15.0 Å². The van der Waals surface area contributed by atoms with Crippen molar-refractivity contribution in [2.45, 2.75) is 58.2 Å². The van der Waals surface area contributed by atoms with E-state index >= 15 is 0 Å². The summed E-state index contributed by atoms with van der Waals surface area (Å²) in [4.78, 5) is 18.6. The van der Waals surface area contributed by atoms with E-state index in [0.717, 1.165) is 15.5 Å². The van der Waals surface area contributed by atoms with Crippen LogP contribution in [0, 0.1) is 5.82 Å². The minimum Gasteiger partial charge on any atom is -0.481 e. The van der Waals surface area contributed by atoms with Gasteiger partial charge >= 0.3 is 12.2 Å². The molecular weight excluding hydrogens is 572 g/mol. The second-order valence-electron chi connectivity index (χ2n) is 10.4. The molecule has 9 nitrogen and oxygen atoms in total. The minimum absolute atomic E-state index is 0.00498. The van der Waals surface area contributed by atoms with E-state index in [2.05, 4.69) is 20.5 Å². The first-order chi connectivity index (χ1) is 18.5. The molecule has 2 amide bonds. The SMILES string of the molecule is COc1ccc(N(Cc2nnc(C(F)(F)F)n2CCO[Si](C)(C)C(C)(C)C)C(=O)Nc2ccc(F)c(Cl)c2)cn1. The van der Waals surface area contributed by atoms with Crippen molar-refractivity contribution in [1.82, 2.24) is 19.7 Å². The molecule has 0 radical (unpaired) electrons. The Kier molecular flexibility index (Phi) is 9.47. The predicted molar refractivity (Wildman–Crippen MR) is 146 cm³/mol. The van der Waals surface area contributed by atoms with Crippen molar-refractivity contribution < 1.29 is 31.5 Å². The molecule has 40 heavy (non-hydrogen) atoms. The third-order valence-corrected chi connectivity index (χ3v) is 11.4. The lowest BCUT2D eigenvalue weighted by molar-refractivity contribution is -0.147. The third-order valence-electron chi connectivity index (χ3n) is 6.62. The summed E-state index contributed by atoms with van der Waals surface area (Å²) >= 11 is 5.83. The number of benzene rings is 1. The van der Waals surface area contributed by atoms with Crippen LogP contribution in [0.25, 0.3) is 0 Å². The van der Waals surface area contributed by atoms with E-state index in [1.54, 1.807) is 0 Å². The summed E-state index contributed by atoms with van der Waals surface area (Å²) in [5.74, 6) is -1.75.